The lowest BCUT2D eigenvalue weighted by Gasteiger charge is -2.34. The Morgan fingerprint density at radius 1 is 1.14 bits per heavy atom. The van der Waals surface area contributed by atoms with Crippen molar-refractivity contribution in [3.8, 4) is 5.75 Å². The fraction of sp³-hybridized carbons (Fsp3) is 0.619. The first-order chi connectivity index (χ1) is 13.7. The second-order valence-corrected chi connectivity index (χ2v) is 7.88. The molecule has 3 fully saturated rings. The van der Waals surface area contributed by atoms with Crippen LogP contribution in [0, 0.1) is 0 Å². The molecule has 1 aromatic carbocycles. The first-order valence-electron chi connectivity index (χ1n) is 10.3. The van der Waals surface area contributed by atoms with E-state index >= 15 is 0 Å². The second-order valence-electron chi connectivity index (χ2n) is 7.88. The van der Waals surface area contributed by atoms with E-state index in [9.17, 15) is 9.59 Å². The van der Waals surface area contributed by atoms with Crippen molar-refractivity contribution in [2.45, 2.75) is 37.8 Å². The number of ether oxygens (including phenoxy) is 2. The van der Waals surface area contributed by atoms with Gasteiger partial charge >= 0.3 is 0 Å². The highest BCUT2D eigenvalue weighted by atomic mass is 16.5. The Hall–Kier alpha value is -2.12. The highest BCUT2D eigenvalue weighted by Gasteiger charge is 2.26. The fourth-order valence-electron chi connectivity index (χ4n) is 3.68. The van der Waals surface area contributed by atoms with Gasteiger partial charge in [0, 0.05) is 44.4 Å². The molecule has 0 unspecified atom stereocenters. The molecular formula is C21H29N3O4. The summed E-state index contributed by atoms with van der Waals surface area (Å²) in [6, 6.07) is 7.77. The molecule has 2 amide bonds. The number of benzene rings is 1. The lowest BCUT2D eigenvalue weighted by molar-refractivity contribution is -0.122. The topological polar surface area (TPSA) is 71.1 Å². The van der Waals surface area contributed by atoms with Crippen molar-refractivity contribution < 1.29 is 19.1 Å². The van der Waals surface area contributed by atoms with Crippen LogP contribution in [0.25, 0.3) is 0 Å². The quantitative estimate of drug-likeness (QED) is 0.763. The molecule has 1 N–H and O–H groups in total. The SMILES string of the molecule is O=C(CN1CCN(C(=O)c2cccc(OC[C@@H]3CCCO3)c2)CC1)NC1CC1. The first kappa shape index (κ1) is 19.2. The van der Waals surface area contributed by atoms with E-state index in [1.54, 1.807) is 0 Å². The molecule has 1 aliphatic carbocycles. The molecule has 28 heavy (non-hydrogen) atoms. The largest absolute Gasteiger partial charge is 0.491 e. The summed E-state index contributed by atoms with van der Waals surface area (Å²) in [5, 5.41) is 3.02. The van der Waals surface area contributed by atoms with Gasteiger partial charge in [0.05, 0.1) is 12.6 Å². The second kappa shape index (κ2) is 8.92. The Morgan fingerprint density at radius 3 is 2.68 bits per heavy atom. The number of carbonyl (C=O) groups excluding carboxylic acids is 2. The van der Waals surface area contributed by atoms with Gasteiger partial charge < -0.3 is 19.7 Å². The smallest absolute Gasteiger partial charge is 0.254 e. The Morgan fingerprint density at radius 2 is 1.96 bits per heavy atom. The molecule has 0 bridgehead atoms. The molecule has 2 heterocycles. The van der Waals surface area contributed by atoms with E-state index in [1.807, 2.05) is 29.2 Å². The maximum Gasteiger partial charge on any atom is 0.254 e. The highest BCUT2D eigenvalue weighted by molar-refractivity contribution is 5.94. The van der Waals surface area contributed by atoms with Crippen molar-refractivity contribution in [1.82, 2.24) is 15.1 Å². The van der Waals surface area contributed by atoms with Crippen molar-refractivity contribution in [1.29, 1.82) is 0 Å². The molecular weight excluding hydrogens is 358 g/mol. The molecule has 7 nitrogen and oxygen atoms in total. The zero-order valence-corrected chi connectivity index (χ0v) is 16.3. The minimum Gasteiger partial charge on any atom is -0.491 e. The third kappa shape index (κ3) is 5.23. The third-order valence-electron chi connectivity index (χ3n) is 5.51. The summed E-state index contributed by atoms with van der Waals surface area (Å²) in [5.74, 6) is 0.819. The number of amides is 2. The summed E-state index contributed by atoms with van der Waals surface area (Å²) in [5.41, 5.74) is 0.643. The number of piperazine rings is 1. The average Bonchev–Trinajstić information content (AvgIpc) is 3.36. The zero-order chi connectivity index (χ0) is 19.3. The standard InChI is InChI=1S/C21H29N3O4/c25-20(22-17-6-7-17)14-23-8-10-24(11-9-23)21(26)16-3-1-4-18(13-16)28-15-19-5-2-12-27-19/h1,3-4,13,17,19H,2,5-12,14-15H2,(H,22,25)/t19-/m0/s1. The predicted molar refractivity (Wildman–Crippen MR) is 104 cm³/mol. The first-order valence-corrected chi connectivity index (χ1v) is 10.3. The average molecular weight is 387 g/mol. The highest BCUT2D eigenvalue weighted by Crippen LogP contribution is 2.20. The van der Waals surface area contributed by atoms with Gasteiger partial charge in [-0.15, -0.1) is 0 Å². The number of rotatable bonds is 7. The summed E-state index contributed by atoms with van der Waals surface area (Å²) >= 11 is 0. The van der Waals surface area contributed by atoms with Crippen LogP contribution < -0.4 is 10.1 Å². The van der Waals surface area contributed by atoms with Crippen LogP contribution in [0.2, 0.25) is 0 Å². The van der Waals surface area contributed by atoms with Crippen molar-refractivity contribution >= 4 is 11.8 Å². The van der Waals surface area contributed by atoms with Gasteiger partial charge in [0.15, 0.2) is 0 Å². The van der Waals surface area contributed by atoms with Gasteiger partial charge in [-0.1, -0.05) is 6.07 Å². The van der Waals surface area contributed by atoms with E-state index in [-0.39, 0.29) is 17.9 Å². The monoisotopic (exact) mass is 387 g/mol. The van der Waals surface area contributed by atoms with Crippen LogP contribution in [0.4, 0.5) is 0 Å². The van der Waals surface area contributed by atoms with E-state index in [4.69, 9.17) is 9.47 Å². The molecule has 4 rings (SSSR count). The van der Waals surface area contributed by atoms with Crippen molar-refractivity contribution in [3.05, 3.63) is 29.8 Å². The maximum atomic E-state index is 12.8. The van der Waals surface area contributed by atoms with Crippen molar-refractivity contribution in [2.24, 2.45) is 0 Å². The number of carbonyl (C=O) groups is 2. The molecule has 152 valence electrons. The molecule has 2 saturated heterocycles. The van der Waals surface area contributed by atoms with E-state index < -0.39 is 0 Å². The lowest BCUT2D eigenvalue weighted by atomic mass is 10.1. The van der Waals surface area contributed by atoms with Crippen molar-refractivity contribution in [2.75, 3.05) is 45.9 Å². The van der Waals surface area contributed by atoms with Crippen LogP contribution in [0.3, 0.4) is 0 Å². The summed E-state index contributed by atoms with van der Waals surface area (Å²) in [6.07, 6.45) is 4.47. The molecule has 1 atom stereocenters. The van der Waals surface area contributed by atoms with Crippen LogP contribution in [-0.2, 0) is 9.53 Å². The summed E-state index contributed by atoms with van der Waals surface area (Å²) in [7, 11) is 0. The minimum atomic E-state index is 0.0182. The van der Waals surface area contributed by atoms with Crippen LogP contribution in [0.1, 0.15) is 36.0 Å². The number of hydrogen-bond acceptors (Lipinski definition) is 5. The van der Waals surface area contributed by atoms with Crippen LogP contribution in [0.15, 0.2) is 24.3 Å². The summed E-state index contributed by atoms with van der Waals surface area (Å²) in [6.45, 7) is 4.47. The normalized spacial score (nSPS) is 22.9. The minimum absolute atomic E-state index is 0.0182. The zero-order valence-electron chi connectivity index (χ0n) is 16.3. The lowest BCUT2D eigenvalue weighted by Crippen LogP contribution is -2.51. The van der Waals surface area contributed by atoms with E-state index in [0.717, 1.165) is 45.4 Å². The third-order valence-corrected chi connectivity index (χ3v) is 5.51. The molecule has 1 aromatic rings. The summed E-state index contributed by atoms with van der Waals surface area (Å²) < 4.78 is 11.4. The summed E-state index contributed by atoms with van der Waals surface area (Å²) in [4.78, 5) is 28.7. The molecule has 7 heteroatoms. The van der Waals surface area contributed by atoms with E-state index in [2.05, 4.69) is 10.2 Å². The van der Waals surface area contributed by atoms with Crippen LogP contribution >= 0.6 is 0 Å². The molecule has 3 aliphatic rings. The van der Waals surface area contributed by atoms with Gasteiger partial charge in [-0.2, -0.15) is 0 Å². The Kier molecular flexibility index (Phi) is 6.12. The van der Waals surface area contributed by atoms with Crippen molar-refractivity contribution in [3.63, 3.8) is 0 Å². The van der Waals surface area contributed by atoms with E-state index in [0.29, 0.717) is 43.6 Å². The molecule has 0 aromatic heterocycles. The van der Waals surface area contributed by atoms with Gasteiger partial charge in [-0.05, 0) is 43.9 Å². The molecule has 0 spiro atoms. The van der Waals surface area contributed by atoms with Crippen LogP contribution in [-0.4, -0.2) is 79.7 Å². The molecule has 1 saturated carbocycles. The van der Waals surface area contributed by atoms with Gasteiger partial charge in [-0.3, -0.25) is 14.5 Å². The van der Waals surface area contributed by atoms with Gasteiger partial charge in [-0.25, -0.2) is 0 Å². The Bertz CT molecular complexity index is 693. The Labute approximate surface area is 166 Å². The number of nitrogens with zero attached hydrogens (tertiary/aromatic N) is 2. The predicted octanol–water partition coefficient (Wildman–Crippen LogP) is 1.28. The maximum absolute atomic E-state index is 12.8. The molecule has 0 radical (unpaired) electrons. The van der Waals surface area contributed by atoms with Gasteiger partial charge in [0.1, 0.15) is 12.4 Å². The Balaban J connectivity index is 1.25. The van der Waals surface area contributed by atoms with Gasteiger partial charge in [0.2, 0.25) is 5.91 Å². The number of hydrogen-bond donors (Lipinski definition) is 1. The van der Waals surface area contributed by atoms with Crippen LogP contribution in [0.5, 0.6) is 5.75 Å². The number of nitrogens with one attached hydrogen (secondary N) is 1. The van der Waals surface area contributed by atoms with Gasteiger partial charge in [0.25, 0.3) is 5.91 Å². The molecule has 2 aliphatic heterocycles. The fourth-order valence-corrected chi connectivity index (χ4v) is 3.68. The van der Waals surface area contributed by atoms with E-state index in [1.165, 1.54) is 0 Å².